The molecule has 0 spiro atoms. The van der Waals surface area contributed by atoms with Crippen LogP contribution in [0.15, 0.2) is 36.4 Å². The number of hydrogen-bond donors (Lipinski definition) is 2. The molecule has 0 saturated heterocycles. The Bertz CT molecular complexity index is 1070. The van der Waals surface area contributed by atoms with Gasteiger partial charge in [0.25, 0.3) is 0 Å². The summed E-state index contributed by atoms with van der Waals surface area (Å²) in [6.07, 6.45) is 0.801. The summed E-state index contributed by atoms with van der Waals surface area (Å²) < 4.78 is 19.1. The number of rotatable bonds is 6. The average molecular weight is 482 g/mol. The number of fused-ring (bicyclic) bond motifs is 1. The third-order valence-corrected chi connectivity index (χ3v) is 4.61. The molecule has 0 aliphatic carbocycles. The molecule has 9 nitrogen and oxygen atoms in total. The van der Waals surface area contributed by atoms with Crippen LogP contribution in [0.1, 0.15) is 6.42 Å². The molecule has 0 unspecified atom stereocenters. The van der Waals surface area contributed by atoms with E-state index in [0.29, 0.717) is 17.4 Å². The maximum atomic E-state index is 13.3. The third-order valence-electron chi connectivity index (χ3n) is 3.72. The maximum absolute atomic E-state index is 13.3. The molecule has 2 amide bonds. The van der Waals surface area contributed by atoms with Gasteiger partial charge in [0.2, 0.25) is 0 Å². The molecule has 0 aliphatic rings. The molecule has 0 aliphatic heterocycles. The van der Waals surface area contributed by atoms with E-state index in [-0.39, 0.29) is 26.3 Å². The fourth-order valence-electron chi connectivity index (χ4n) is 2.42. The zero-order chi connectivity index (χ0) is 21.0. The molecule has 1 heterocycles. The van der Waals surface area contributed by atoms with Crippen LogP contribution in [0.2, 0.25) is 10.2 Å². The molecule has 29 heavy (non-hydrogen) atoms. The van der Waals surface area contributed by atoms with Crippen molar-refractivity contribution in [3.05, 3.63) is 57.7 Å². The van der Waals surface area contributed by atoms with Crippen molar-refractivity contribution in [3.63, 3.8) is 0 Å². The number of nitrogens with zero attached hydrogens (tertiary/aromatic N) is 3. The predicted octanol–water partition coefficient (Wildman–Crippen LogP) is 2.29. The molecule has 0 fully saturated rings. The first-order valence-corrected chi connectivity index (χ1v) is 10.0. The summed E-state index contributed by atoms with van der Waals surface area (Å²) in [5.41, 5.74) is -0.154. The molecule has 2 N–H and O–H groups in total. The third kappa shape index (κ3) is 4.96. The van der Waals surface area contributed by atoms with Crippen LogP contribution < -0.4 is 24.9 Å². The molecule has 3 aromatic rings. The van der Waals surface area contributed by atoms with Crippen LogP contribution >= 0.6 is 11.6 Å². The molecule has 0 bridgehead atoms. The van der Waals surface area contributed by atoms with E-state index >= 15 is 0 Å². The van der Waals surface area contributed by atoms with Crippen molar-refractivity contribution in [1.82, 2.24) is 5.10 Å². The fourth-order valence-corrected chi connectivity index (χ4v) is 2.86. The zero-order valence-electron chi connectivity index (χ0n) is 14.8. The van der Waals surface area contributed by atoms with Crippen molar-refractivity contribution >= 4 is 57.2 Å². The Morgan fingerprint density at radius 3 is 2.76 bits per heavy atom. The first kappa shape index (κ1) is 20.9. The number of hydrogen-bond acceptors (Lipinski definition) is 5. The molecule has 2 radical (unpaired) electrons. The number of nitrogens with one attached hydrogen (secondary N) is 2. The van der Waals surface area contributed by atoms with Gasteiger partial charge in [-0.3, -0.25) is 0 Å². The predicted molar refractivity (Wildman–Crippen MR) is 104 cm³/mol. The second-order valence-corrected chi connectivity index (χ2v) is 7.14. The van der Waals surface area contributed by atoms with E-state index < -0.39 is 17.8 Å². The number of anilines is 2. The van der Waals surface area contributed by atoms with Crippen molar-refractivity contribution in [2.24, 2.45) is 0 Å². The van der Waals surface area contributed by atoms with E-state index in [1.807, 2.05) is 0 Å². The van der Waals surface area contributed by atoms with E-state index in [2.05, 4.69) is 32.6 Å². The number of aromatic nitrogens is 3. The van der Waals surface area contributed by atoms with Crippen molar-refractivity contribution < 1.29 is 23.5 Å². The Kier molecular flexibility index (Phi) is 6.56. The summed E-state index contributed by atoms with van der Waals surface area (Å²) in [6, 6.07) is 6.86. The number of carbonyl (C=O) groups excluding carboxylic acids is 1. The Hall–Kier alpha value is -2.84. The van der Waals surface area contributed by atoms with E-state index in [1.165, 1.54) is 6.07 Å². The van der Waals surface area contributed by atoms with Crippen molar-refractivity contribution in [2.45, 2.75) is 11.6 Å². The van der Waals surface area contributed by atoms with Gasteiger partial charge in [-0.05, 0) is 12.1 Å². The van der Waals surface area contributed by atoms with Crippen molar-refractivity contribution in [2.75, 3.05) is 17.2 Å². The Morgan fingerprint density at radius 2 is 2.00 bits per heavy atom. The van der Waals surface area contributed by atoms with Crippen LogP contribution in [0.25, 0.3) is 11.0 Å². The van der Waals surface area contributed by atoms with Crippen LogP contribution in [0.5, 0.6) is 5.75 Å². The van der Waals surface area contributed by atoms with Crippen LogP contribution in [-0.4, -0.2) is 34.6 Å². The standard InChI is InChI=1S/C17H14AsClFN5O4/c18-6-1-7-29-15-5-2-10(19)8-12(15)21-17(26)22-16-23-25(28)14-9-11(20)3-4-13(14)24(16)27/h2-5,8-9H,1,6-7H2,(H2,21,22,23,26). The molecule has 3 rings (SSSR count). The van der Waals surface area contributed by atoms with Crippen LogP contribution in [-0.2, 0) is 0 Å². The molecule has 2 aromatic carbocycles. The number of ether oxygens (including phenoxy) is 1. The second-order valence-electron chi connectivity index (χ2n) is 5.77. The van der Waals surface area contributed by atoms with E-state index in [4.69, 9.17) is 16.3 Å². The van der Waals surface area contributed by atoms with Crippen molar-refractivity contribution in [3.8, 4) is 5.75 Å². The quantitative estimate of drug-likeness (QED) is 0.242. The SMILES string of the molecule is O=C(Nc1cc(Cl)ccc1OCCC[As])Nc1n[n+]([O-])c2cc(F)ccc2[n+]1[O-]. The van der Waals surface area contributed by atoms with Gasteiger partial charge in [-0.25, -0.2) is 4.39 Å². The van der Waals surface area contributed by atoms with Gasteiger partial charge in [-0.2, -0.15) is 0 Å². The van der Waals surface area contributed by atoms with E-state index in [1.54, 1.807) is 12.1 Å². The average Bonchev–Trinajstić information content (AvgIpc) is 2.67. The molecule has 150 valence electrons. The Labute approximate surface area is 178 Å². The van der Waals surface area contributed by atoms with Crippen LogP contribution in [0, 0.1) is 16.2 Å². The minimum absolute atomic E-state index is 0.0552. The number of benzene rings is 2. The van der Waals surface area contributed by atoms with Crippen molar-refractivity contribution in [1.29, 1.82) is 0 Å². The van der Waals surface area contributed by atoms with Gasteiger partial charge in [0.05, 0.1) is 6.07 Å². The van der Waals surface area contributed by atoms with Gasteiger partial charge in [0, 0.05) is 0 Å². The summed E-state index contributed by atoms with van der Waals surface area (Å²) >= 11 is 8.42. The van der Waals surface area contributed by atoms with Gasteiger partial charge < -0.3 is 5.21 Å². The molecular formula is C17H14AsClFN5O4. The van der Waals surface area contributed by atoms with Gasteiger partial charge in [0.15, 0.2) is 0 Å². The first-order chi connectivity index (χ1) is 13.9. The molecule has 12 heteroatoms. The summed E-state index contributed by atoms with van der Waals surface area (Å²) in [5, 5.41) is 33.7. The number of urea groups is 1. The fraction of sp³-hybridized carbons (Fsp3) is 0.176. The number of halogens is 2. The molecular weight excluding hydrogens is 468 g/mol. The number of amides is 2. The molecule has 0 atom stereocenters. The van der Waals surface area contributed by atoms with Gasteiger partial charge in [-0.1, -0.05) is 0 Å². The van der Waals surface area contributed by atoms with E-state index in [0.717, 1.165) is 29.8 Å². The topological polar surface area (TPSA) is 117 Å². The van der Waals surface area contributed by atoms with E-state index in [9.17, 15) is 19.6 Å². The summed E-state index contributed by atoms with van der Waals surface area (Å²) in [6.45, 7) is 0.437. The Morgan fingerprint density at radius 1 is 1.21 bits per heavy atom. The van der Waals surface area contributed by atoms with Crippen LogP contribution in [0.3, 0.4) is 0 Å². The van der Waals surface area contributed by atoms with Gasteiger partial charge in [0.1, 0.15) is 5.82 Å². The van der Waals surface area contributed by atoms with Gasteiger partial charge >= 0.3 is 144 Å². The second kappa shape index (κ2) is 9.10. The zero-order valence-corrected chi connectivity index (χ0v) is 17.4. The first-order valence-electron chi connectivity index (χ1n) is 8.33. The summed E-state index contributed by atoms with van der Waals surface area (Å²) in [4.78, 5) is 12.4. The number of carbonyl (C=O) groups is 1. The normalized spacial score (nSPS) is 10.7. The molecule has 0 saturated carbocycles. The monoisotopic (exact) mass is 481 g/mol. The Balaban J connectivity index is 1.82. The summed E-state index contributed by atoms with van der Waals surface area (Å²) in [7, 11) is 0. The van der Waals surface area contributed by atoms with Crippen LogP contribution in [0.4, 0.5) is 20.8 Å². The molecule has 1 aromatic heterocycles. The summed E-state index contributed by atoms with van der Waals surface area (Å²) in [5.74, 6) is -0.885. The van der Waals surface area contributed by atoms with Gasteiger partial charge in [-0.15, -0.1) is 0 Å². The minimum atomic E-state index is -0.845.